The first-order valence-corrected chi connectivity index (χ1v) is 6.30. The van der Waals surface area contributed by atoms with E-state index in [1.807, 2.05) is 13.1 Å². The fourth-order valence-electron chi connectivity index (χ4n) is 2.19. The molecule has 1 aromatic carbocycles. The lowest BCUT2D eigenvalue weighted by atomic mass is 9.98. The number of nitrogens with zero attached hydrogens (tertiary/aromatic N) is 1. The van der Waals surface area contributed by atoms with Gasteiger partial charge in [0, 0.05) is 24.4 Å². The summed E-state index contributed by atoms with van der Waals surface area (Å²) in [4.78, 5) is 4.41. The number of rotatable bonds is 3. The molecular formula is C16H20N2. The molecule has 1 heterocycles. The van der Waals surface area contributed by atoms with E-state index in [4.69, 9.17) is 5.73 Å². The zero-order valence-electron chi connectivity index (χ0n) is 11.3. The predicted molar refractivity (Wildman–Crippen MR) is 75.5 cm³/mol. The standard InChI is InChI=1S/C16H20N2/c1-11-4-5-15(18-10-11)9-16(17)14-7-12(2)6-13(3)8-14/h4-8,10,16H,9,17H2,1-3H3. The maximum Gasteiger partial charge on any atom is 0.0422 e. The molecule has 1 unspecified atom stereocenters. The number of hydrogen-bond acceptors (Lipinski definition) is 2. The highest BCUT2D eigenvalue weighted by Crippen LogP contribution is 2.18. The summed E-state index contributed by atoms with van der Waals surface area (Å²) < 4.78 is 0. The van der Waals surface area contributed by atoms with Gasteiger partial charge in [0.2, 0.25) is 0 Å². The SMILES string of the molecule is Cc1ccc(CC(N)c2cc(C)cc(C)c2)nc1. The normalized spacial score (nSPS) is 12.4. The van der Waals surface area contributed by atoms with Crippen LogP contribution in [0.4, 0.5) is 0 Å². The molecule has 0 bridgehead atoms. The van der Waals surface area contributed by atoms with E-state index in [0.717, 1.165) is 12.1 Å². The molecule has 1 aromatic heterocycles. The number of nitrogens with two attached hydrogens (primary N) is 1. The molecule has 1 atom stereocenters. The van der Waals surface area contributed by atoms with Crippen LogP contribution >= 0.6 is 0 Å². The molecular weight excluding hydrogens is 220 g/mol. The van der Waals surface area contributed by atoms with Crippen LogP contribution in [0, 0.1) is 20.8 Å². The van der Waals surface area contributed by atoms with E-state index in [9.17, 15) is 0 Å². The number of pyridine rings is 1. The van der Waals surface area contributed by atoms with Crippen LogP contribution in [-0.2, 0) is 6.42 Å². The summed E-state index contributed by atoms with van der Waals surface area (Å²) in [7, 11) is 0. The predicted octanol–water partition coefficient (Wildman–Crippen LogP) is 3.25. The number of aromatic nitrogens is 1. The minimum absolute atomic E-state index is 0.0128. The lowest BCUT2D eigenvalue weighted by Crippen LogP contribution is -2.14. The Labute approximate surface area is 109 Å². The molecule has 2 heteroatoms. The number of aryl methyl sites for hydroxylation is 3. The smallest absolute Gasteiger partial charge is 0.0422 e. The first kappa shape index (κ1) is 12.8. The van der Waals surface area contributed by atoms with E-state index in [2.05, 4.69) is 49.2 Å². The van der Waals surface area contributed by atoms with Gasteiger partial charge in [-0.3, -0.25) is 4.98 Å². The van der Waals surface area contributed by atoms with Gasteiger partial charge in [0.1, 0.15) is 0 Å². The lowest BCUT2D eigenvalue weighted by Gasteiger charge is -2.13. The van der Waals surface area contributed by atoms with Crippen molar-refractivity contribution in [1.29, 1.82) is 0 Å². The van der Waals surface area contributed by atoms with Crippen molar-refractivity contribution in [1.82, 2.24) is 4.98 Å². The fourth-order valence-corrected chi connectivity index (χ4v) is 2.19. The molecule has 0 aliphatic carbocycles. The van der Waals surface area contributed by atoms with E-state index >= 15 is 0 Å². The van der Waals surface area contributed by atoms with Crippen molar-refractivity contribution in [3.05, 3.63) is 64.5 Å². The molecule has 0 fully saturated rings. The van der Waals surface area contributed by atoms with Gasteiger partial charge in [0.15, 0.2) is 0 Å². The second kappa shape index (κ2) is 5.32. The largest absolute Gasteiger partial charge is 0.324 e. The van der Waals surface area contributed by atoms with Gasteiger partial charge in [0.05, 0.1) is 0 Å². The Morgan fingerprint density at radius 2 is 1.67 bits per heavy atom. The van der Waals surface area contributed by atoms with Gasteiger partial charge in [0.25, 0.3) is 0 Å². The maximum atomic E-state index is 6.26. The van der Waals surface area contributed by atoms with Crippen LogP contribution in [-0.4, -0.2) is 4.98 Å². The minimum atomic E-state index is 0.0128. The Hall–Kier alpha value is -1.67. The molecule has 2 rings (SSSR count). The first-order chi connectivity index (χ1) is 8.54. The zero-order valence-corrected chi connectivity index (χ0v) is 11.3. The minimum Gasteiger partial charge on any atom is -0.324 e. The van der Waals surface area contributed by atoms with Crippen molar-refractivity contribution >= 4 is 0 Å². The van der Waals surface area contributed by atoms with Gasteiger partial charge < -0.3 is 5.73 Å². The van der Waals surface area contributed by atoms with E-state index < -0.39 is 0 Å². The van der Waals surface area contributed by atoms with Crippen molar-refractivity contribution in [3.63, 3.8) is 0 Å². The van der Waals surface area contributed by atoms with Crippen LogP contribution in [0.15, 0.2) is 36.5 Å². The zero-order chi connectivity index (χ0) is 13.1. The third kappa shape index (κ3) is 3.17. The highest BCUT2D eigenvalue weighted by molar-refractivity contribution is 5.31. The van der Waals surface area contributed by atoms with E-state index in [1.165, 1.54) is 22.3 Å². The van der Waals surface area contributed by atoms with Gasteiger partial charge in [-0.05, 0) is 38.0 Å². The first-order valence-electron chi connectivity index (χ1n) is 6.30. The molecule has 2 N–H and O–H groups in total. The molecule has 0 spiro atoms. The summed E-state index contributed by atoms with van der Waals surface area (Å²) >= 11 is 0. The molecule has 0 saturated carbocycles. The van der Waals surface area contributed by atoms with E-state index in [-0.39, 0.29) is 6.04 Å². The molecule has 2 nitrogen and oxygen atoms in total. The van der Waals surface area contributed by atoms with Gasteiger partial charge in [-0.15, -0.1) is 0 Å². The third-order valence-corrected chi connectivity index (χ3v) is 3.07. The van der Waals surface area contributed by atoms with Crippen LogP contribution < -0.4 is 5.73 Å². The monoisotopic (exact) mass is 240 g/mol. The quantitative estimate of drug-likeness (QED) is 0.894. The Morgan fingerprint density at radius 3 is 2.22 bits per heavy atom. The van der Waals surface area contributed by atoms with Gasteiger partial charge >= 0.3 is 0 Å². The maximum absolute atomic E-state index is 6.26. The van der Waals surface area contributed by atoms with Crippen molar-refractivity contribution in [2.45, 2.75) is 33.2 Å². The summed E-state index contributed by atoms with van der Waals surface area (Å²) in [6, 6.07) is 10.6. The van der Waals surface area contributed by atoms with Crippen molar-refractivity contribution < 1.29 is 0 Å². The molecule has 0 amide bonds. The second-order valence-electron chi connectivity index (χ2n) is 5.06. The van der Waals surface area contributed by atoms with Gasteiger partial charge in [-0.2, -0.15) is 0 Å². The summed E-state index contributed by atoms with van der Waals surface area (Å²) in [5.74, 6) is 0. The van der Waals surface area contributed by atoms with Crippen molar-refractivity contribution in [2.75, 3.05) is 0 Å². The molecule has 2 aromatic rings. The lowest BCUT2D eigenvalue weighted by molar-refractivity contribution is 0.705. The highest BCUT2D eigenvalue weighted by atomic mass is 14.7. The van der Waals surface area contributed by atoms with Crippen molar-refractivity contribution in [3.8, 4) is 0 Å². The average molecular weight is 240 g/mol. The summed E-state index contributed by atoms with van der Waals surface area (Å²) in [6.07, 6.45) is 2.67. The molecule has 0 saturated heterocycles. The average Bonchev–Trinajstić information content (AvgIpc) is 2.31. The van der Waals surface area contributed by atoms with Crippen LogP contribution in [0.1, 0.15) is 34.0 Å². The molecule has 94 valence electrons. The van der Waals surface area contributed by atoms with E-state index in [1.54, 1.807) is 0 Å². The molecule has 18 heavy (non-hydrogen) atoms. The summed E-state index contributed by atoms with van der Waals surface area (Å²) in [6.45, 7) is 6.25. The second-order valence-corrected chi connectivity index (χ2v) is 5.06. The van der Waals surface area contributed by atoms with Crippen LogP contribution in [0.5, 0.6) is 0 Å². The van der Waals surface area contributed by atoms with Gasteiger partial charge in [-0.1, -0.05) is 35.4 Å². The summed E-state index contributed by atoms with van der Waals surface area (Å²) in [5, 5.41) is 0. The summed E-state index contributed by atoms with van der Waals surface area (Å²) in [5.41, 5.74) is 12.2. The molecule has 0 radical (unpaired) electrons. The Morgan fingerprint density at radius 1 is 1.00 bits per heavy atom. The van der Waals surface area contributed by atoms with Gasteiger partial charge in [-0.25, -0.2) is 0 Å². The van der Waals surface area contributed by atoms with Crippen molar-refractivity contribution in [2.24, 2.45) is 5.73 Å². The fraction of sp³-hybridized carbons (Fsp3) is 0.312. The van der Waals surface area contributed by atoms with Crippen LogP contribution in [0.25, 0.3) is 0 Å². The van der Waals surface area contributed by atoms with E-state index in [0.29, 0.717) is 0 Å². The Bertz CT molecular complexity index is 509. The Kier molecular flexibility index (Phi) is 3.78. The molecule has 0 aliphatic heterocycles. The third-order valence-electron chi connectivity index (χ3n) is 3.07. The number of hydrogen-bond donors (Lipinski definition) is 1. The topological polar surface area (TPSA) is 38.9 Å². The molecule has 0 aliphatic rings. The Balaban J connectivity index is 2.16. The van der Waals surface area contributed by atoms with Crippen LogP contribution in [0.2, 0.25) is 0 Å². The highest BCUT2D eigenvalue weighted by Gasteiger charge is 2.08. The van der Waals surface area contributed by atoms with Crippen LogP contribution in [0.3, 0.4) is 0 Å². The number of benzene rings is 1.